The third kappa shape index (κ3) is 39.8. The van der Waals surface area contributed by atoms with Gasteiger partial charge in [-0.2, -0.15) is 0 Å². The summed E-state index contributed by atoms with van der Waals surface area (Å²) in [5, 5.41) is 16.7. The number of nitrogens with zero attached hydrogens (tertiary/aromatic N) is 2. The number of carboxylic acid groups (broad SMARTS) is 2. The van der Waals surface area contributed by atoms with Crippen LogP contribution in [0, 0.1) is 0 Å². The molecule has 2 rings (SSSR count). The molecule has 0 N–H and O–H groups in total. The van der Waals surface area contributed by atoms with Crippen LogP contribution in [0.15, 0.2) is 60.7 Å². The topological polar surface area (TPSA) is 63.2 Å². The number of hydrogen-bond donors (Lipinski definition) is 0. The lowest BCUT2D eigenvalue weighted by Gasteiger charge is -2.30. The van der Waals surface area contributed by atoms with Crippen LogP contribution >= 0.6 is 0 Å². The van der Waals surface area contributed by atoms with E-state index in [1.807, 2.05) is 0 Å². The Morgan fingerprint density at radius 3 is 0.786 bits per heavy atom. The van der Waals surface area contributed by atoms with Crippen molar-refractivity contribution in [3.8, 4) is 0 Å². The van der Waals surface area contributed by atoms with Crippen LogP contribution in [0.1, 0.15) is 205 Å². The molecule has 0 atom stereocenters. The number of benzene rings is 2. The summed E-state index contributed by atoms with van der Waals surface area (Å²) in [6.07, 6.45) is 38.0. The molecule has 2 aromatic rings. The summed E-state index contributed by atoms with van der Waals surface area (Å²) in [6.45, 7) is 9.49. The number of carbonyl (C=O) groups excluding carboxylic acids is 1. The van der Waals surface area contributed by atoms with Gasteiger partial charge < -0.3 is 24.0 Å². The normalized spacial score (nSPS) is 11.4. The lowest BCUT2D eigenvalue weighted by Crippen LogP contribution is -2.39. The Balaban J connectivity index is 0.000000985. The number of carbonyl (C=O) groups is 1. The molecular weight excluding hydrogens is 689 g/mol. The zero-order chi connectivity index (χ0) is 41.4. The van der Waals surface area contributed by atoms with Crippen LogP contribution in [-0.4, -0.2) is 56.4 Å². The van der Waals surface area contributed by atoms with Crippen molar-refractivity contribution in [3.05, 3.63) is 71.8 Å². The van der Waals surface area contributed by atoms with Gasteiger partial charge in [0.05, 0.1) is 41.3 Å². The Labute approximate surface area is 348 Å². The summed E-state index contributed by atoms with van der Waals surface area (Å²) in [5.74, 6) is 0. The largest absolute Gasteiger partial charge is 0.652 e. The van der Waals surface area contributed by atoms with Crippen molar-refractivity contribution in [1.82, 2.24) is 0 Å². The SMILES string of the molecule is CCCCCCCCCCCCCCCC[N+](C)(C)Cc1ccccc1.CCCCCCCCCCCCCCCC[N+](C)(C)Cc1ccccc1.O=C([O-])[O-]. The predicted octanol–water partition coefficient (Wildman–Crippen LogP) is 13.0. The van der Waals surface area contributed by atoms with E-state index in [1.165, 1.54) is 204 Å². The second-order valence-corrected chi connectivity index (χ2v) is 18.0. The lowest BCUT2D eigenvalue weighted by atomic mass is 10.0. The summed E-state index contributed by atoms with van der Waals surface area (Å²) in [7, 11) is 9.48. The molecule has 2 aromatic carbocycles. The highest BCUT2D eigenvalue weighted by Gasteiger charge is 2.16. The van der Waals surface area contributed by atoms with E-state index in [4.69, 9.17) is 15.0 Å². The number of unbranched alkanes of at least 4 members (excludes halogenated alkanes) is 26. The van der Waals surface area contributed by atoms with Crippen molar-refractivity contribution in [2.45, 2.75) is 207 Å². The second-order valence-electron chi connectivity index (χ2n) is 18.0. The summed E-state index contributed by atoms with van der Waals surface area (Å²) >= 11 is 0. The van der Waals surface area contributed by atoms with Crippen molar-refractivity contribution in [3.63, 3.8) is 0 Å². The lowest BCUT2D eigenvalue weighted by molar-refractivity contribution is -0.903. The van der Waals surface area contributed by atoms with Crippen LogP contribution in [0.5, 0.6) is 0 Å². The highest BCUT2D eigenvalue weighted by atomic mass is 16.6. The fourth-order valence-corrected chi connectivity index (χ4v) is 7.78. The molecule has 0 saturated carbocycles. The first kappa shape index (κ1) is 53.6. The first-order chi connectivity index (χ1) is 27.0. The summed E-state index contributed by atoms with van der Waals surface area (Å²) in [5.41, 5.74) is 2.92. The van der Waals surface area contributed by atoms with Gasteiger partial charge in [-0.05, 0) is 31.8 Å². The van der Waals surface area contributed by atoms with Crippen LogP contribution in [0.3, 0.4) is 0 Å². The first-order valence-corrected chi connectivity index (χ1v) is 23.6. The Bertz CT molecular complexity index is 1000. The van der Waals surface area contributed by atoms with Crippen LogP contribution in [0.25, 0.3) is 0 Å². The Morgan fingerprint density at radius 2 is 0.571 bits per heavy atom. The van der Waals surface area contributed by atoms with E-state index in [0.29, 0.717) is 0 Å². The highest BCUT2D eigenvalue weighted by molar-refractivity contribution is 5.47. The average molecular weight is 781 g/mol. The summed E-state index contributed by atoms with van der Waals surface area (Å²) in [6, 6.07) is 21.9. The van der Waals surface area contributed by atoms with Gasteiger partial charge >= 0.3 is 0 Å². The van der Waals surface area contributed by atoms with Crippen molar-refractivity contribution in [1.29, 1.82) is 0 Å². The molecule has 0 heterocycles. The molecule has 0 aliphatic heterocycles. The average Bonchev–Trinajstić information content (AvgIpc) is 3.15. The molecule has 0 bridgehead atoms. The first-order valence-electron chi connectivity index (χ1n) is 23.6. The summed E-state index contributed by atoms with van der Waals surface area (Å²) in [4.78, 5) is 8.33. The molecule has 0 aromatic heterocycles. The minimum Gasteiger partial charge on any atom is -0.652 e. The van der Waals surface area contributed by atoms with Gasteiger partial charge in [0.2, 0.25) is 0 Å². The number of quaternary nitrogens is 2. The molecule has 0 aliphatic rings. The quantitative estimate of drug-likeness (QED) is 0.0525. The number of rotatable bonds is 34. The van der Waals surface area contributed by atoms with Crippen LogP contribution in [0.4, 0.5) is 4.79 Å². The second kappa shape index (κ2) is 38.2. The fraction of sp³-hybridized carbons (Fsp3) is 0.745. The maximum Gasteiger partial charge on any atom is 0.104 e. The maximum atomic E-state index is 8.33. The van der Waals surface area contributed by atoms with Gasteiger partial charge in [-0.25, -0.2) is 0 Å². The van der Waals surface area contributed by atoms with Crippen LogP contribution in [0.2, 0.25) is 0 Å². The van der Waals surface area contributed by atoms with E-state index in [-0.39, 0.29) is 0 Å². The molecule has 5 nitrogen and oxygen atoms in total. The van der Waals surface area contributed by atoms with Crippen molar-refractivity contribution >= 4 is 6.16 Å². The van der Waals surface area contributed by atoms with Gasteiger partial charge in [0.1, 0.15) is 13.1 Å². The molecule has 0 unspecified atom stereocenters. The Hall–Kier alpha value is -2.37. The van der Waals surface area contributed by atoms with Gasteiger partial charge in [-0.3, -0.25) is 0 Å². The van der Waals surface area contributed by atoms with Gasteiger partial charge in [0, 0.05) is 11.1 Å². The smallest absolute Gasteiger partial charge is 0.104 e. The van der Waals surface area contributed by atoms with E-state index in [2.05, 4.69) is 103 Å². The zero-order valence-corrected chi connectivity index (χ0v) is 38.0. The van der Waals surface area contributed by atoms with Gasteiger partial charge in [0.15, 0.2) is 0 Å². The van der Waals surface area contributed by atoms with Crippen LogP contribution < -0.4 is 10.2 Å². The van der Waals surface area contributed by atoms with Crippen molar-refractivity contribution in [2.75, 3.05) is 41.3 Å². The molecule has 0 aliphatic carbocycles. The van der Waals surface area contributed by atoms with Crippen molar-refractivity contribution in [2.24, 2.45) is 0 Å². The monoisotopic (exact) mass is 781 g/mol. The third-order valence-electron chi connectivity index (χ3n) is 11.1. The van der Waals surface area contributed by atoms with E-state index in [1.54, 1.807) is 0 Å². The molecule has 0 radical (unpaired) electrons. The summed E-state index contributed by atoms with van der Waals surface area (Å²) < 4.78 is 2.23. The molecule has 0 spiro atoms. The van der Waals surface area contributed by atoms with Gasteiger partial charge in [0.25, 0.3) is 0 Å². The van der Waals surface area contributed by atoms with Crippen molar-refractivity contribution < 1.29 is 24.0 Å². The van der Waals surface area contributed by atoms with E-state index in [9.17, 15) is 0 Å². The third-order valence-corrected chi connectivity index (χ3v) is 11.1. The molecule has 5 heteroatoms. The van der Waals surface area contributed by atoms with Crippen LogP contribution in [-0.2, 0) is 13.1 Å². The van der Waals surface area contributed by atoms with E-state index < -0.39 is 6.16 Å². The minimum atomic E-state index is -2.33. The molecule has 0 fully saturated rings. The molecular formula is C51H92N2O3. The Morgan fingerprint density at radius 1 is 0.375 bits per heavy atom. The Kier molecular flexibility index (Phi) is 36.5. The van der Waals surface area contributed by atoms with E-state index in [0.717, 1.165) is 22.1 Å². The highest BCUT2D eigenvalue weighted by Crippen LogP contribution is 2.17. The predicted molar refractivity (Wildman–Crippen MR) is 240 cm³/mol. The molecule has 0 amide bonds. The fourth-order valence-electron chi connectivity index (χ4n) is 7.78. The zero-order valence-electron chi connectivity index (χ0n) is 38.0. The standard InChI is InChI=1S/2C25H46N.CH2O3/c2*1-4-5-6-7-8-9-10-11-12-13-14-15-16-20-23-26(2,3)24-25-21-18-17-19-22-25;2-1(3)4/h2*17-19,21-22H,4-16,20,23-24H2,1-3H3;(H2,2,3,4)/q2*+1;/p-2. The van der Waals surface area contributed by atoms with E-state index >= 15 is 0 Å². The van der Waals surface area contributed by atoms with Gasteiger partial charge in [-0.15, -0.1) is 0 Å². The molecule has 0 saturated heterocycles. The molecule has 324 valence electrons. The molecule has 56 heavy (non-hydrogen) atoms. The maximum absolute atomic E-state index is 8.33. The van der Waals surface area contributed by atoms with Gasteiger partial charge in [-0.1, -0.05) is 229 Å². The number of hydrogen-bond acceptors (Lipinski definition) is 3. The minimum absolute atomic E-state index is 1.11.